The fourth-order valence-corrected chi connectivity index (χ4v) is 4.63. The van der Waals surface area contributed by atoms with E-state index in [4.69, 9.17) is 4.74 Å². The zero-order chi connectivity index (χ0) is 20.8. The molecule has 152 valence electrons. The first-order chi connectivity index (χ1) is 13.5. The molecule has 3 aromatic rings. The highest BCUT2D eigenvalue weighted by Gasteiger charge is 2.70. The van der Waals surface area contributed by atoms with E-state index >= 15 is 0 Å². The molecule has 2 aliphatic rings. The van der Waals surface area contributed by atoms with Gasteiger partial charge in [0.25, 0.3) is 0 Å². The van der Waals surface area contributed by atoms with Crippen molar-refractivity contribution >= 4 is 11.2 Å². The number of halogens is 3. The first-order valence-corrected chi connectivity index (χ1v) is 9.31. The molecule has 1 aromatic carbocycles. The molecule has 0 unspecified atom stereocenters. The summed E-state index contributed by atoms with van der Waals surface area (Å²) >= 11 is 0. The Bertz CT molecular complexity index is 1130. The van der Waals surface area contributed by atoms with Crippen LogP contribution in [-0.2, 0) is 16.5 Å². The Hall–Kier alpha value is -2.68. The standard InChI is InChI=1S/C20H19F3N4O2/c1-10-4-11(20(21,22)23)5-15(28)16(10)13-7-24-14-8-27(26-17(14)25-13)19-6-12(19)9-29-18(19,2)3/h4-5,7-8,12,28H,6,9H2,1-3H3/t12-,19+/m0/s1. The molecule has 29 heavy (non-hydrogen) atoms. The number of phenols is 1. The molecule has 1 saturated carbocycles. The number of fused-ring (bicyclic) bond motifs is 2. The lowest BCUT2D eigenvalue weighted by Gasteiger charge is -2.30. The molecule has 0 radical (unpaired) electrons. The molecule has 2 aromatic heterocycles. The normalized spacial score (nSPS) is 25.4. The number of ether oxygens (including phenoxy) is 1. The van der Waals surface area contributed by atoms with Gasteiger partial charge in [-0.25, -0.2) is 9.97 Å². The number of alkyl halides is 3. The monoisotopic (exact) mass is 404 g/mol. The van der Waals surface area contributed by atoms with E-state index in [9.17, 15) is 18.3 Å². The fourth-order valence-electron chi connectivity index (χ4n) is 4.63. The van der Waals surface area contributed by atoms with Crippen molar-refractivity contribution < 1.29 is 23.0 Å². The number of aromatic nitrogens is 4. The average Bonchev–Trinajstić information content (AvgIpc) is 3.13. The third kappa shape index (κ3) is 2.49. The molecule has 3 heterocycles. The van der Waals surface area contributed by atoms with Gasteiger partial charge < -0.3 is 9.84 Å². The third-order valence-corrected chi connectivity index (χ3v) is 6.30. The second-order valence-corrected chi connectivity index (χ2v) is 8.37. The van der Waals surface area contributed by atoms with Gasteiger partial charge in [0.05, 0.1) is 41.4 Å². The van der Waals surface area contributed by atoms with Gasteiger partial charge in [-0.2, -0.15) is 13.2 Å². The Labute approximate surface area is 164 Å². The predicted molar refractivity (Wildman–Crippen MR) is 98.3 cm³/mol. The van der Waals surface area contributed by atoms with Crippen LogP contribution in [0, 0.1) is 12.8 Å². The minimum Gasteiger partial charge on any atom is -0.507 e. The lowest BCUT2D eigenvalue weighted by molar-refractivity contribution is -0.137. The van der Waals surface area contributed by atoms with Crippen molar-refractivity contribution in [2.24, 2.45) is 5.92 Å². The van der Waals surface area contributed by atoms with Gasteiger partial charge in [0.2, 0.25) is 0 Å². The number of aromatic hydroxyl groups is 1. The van der Waals surface area contributed by atoms with Gasteiger partial charge in [0.1, 0.15) is 11.3 Å². The smallest absolute Gasteiger partial charge is 0.416 e. The van der Waals surface area contributed by atoms with Crippen molar-refractivity contribution in [1.29, 1.82) is 0 Å². The molecule has 1 N–H and O–H groups in total. The van der Waals surface area contributed by atoms with Crippen LogP contribution < -0.4 is 0 Å². The van der Waals surface area contributed by atoms with Crippen LogP contribution in [0.25, 0.3) is 22.4 Å². The summed E-state index contributed by atoms with van der Waals surface area (Å²) in [5.74, 6) is -0.0935. The van der Waals surface area contributed by atoms with Crippen molar-refractivity contribution in [3.05, 3.63) is 35.7 Å². The molecule has 2 atom stereocenters. The number of benzene rings is 1. The second kappa shape index (κ2) is 5.47. The lowest BCUT2D eigenvalue weighted by Crippen LogP contribution is -2.40. The minimum atomic E-state index is -4.54. The molecule has 0 amide bonds. The van der Waals surface area contributed by atoms with Crippen LogP contribution in [0.2, 0.25) is 0 Å². The Morgan fingerprint density at radius 2 is 2.03 bits per heavy atom. The van der Waals surface area contributed by atoms with E-state index in [1.165, 1.54) is 13.1 Å². The summed E-state index contributed by atoms with van der Waals surface area (Å²) in [6.45, 7) is 6.28. The molecular formula is C20H19F3N4O2. The number of phenolic OH excluding ortho intramolecular Hbond substituents is 1. The van der Waals surface area contributed by atoms with Crippen LogP contribution in [0.5, 0.6) is 5.75 Å². The number of aryl methyl sites for hydroxylation is 1. The second-order valence-electron chi connectivity index (χ2n) is 8.37. The summed E-state index contributed by atoms with van der Waals surface area (Å²) in [6, 6.07) is 1.70. The summed E-state index contributed by atoms with van der Waals surface area (Å²) in [5, 5.41) is 14.9. The molecule has 1 saturated heterocycles. The van der Waals surface area contributed by atoms with Gasteiger partial charge in [0, 0.05) is 11.5 Å². The highest BCUT2D eigenvalue weighted by molar-refractivity contribution is 5.77. The van der Waals surface area contributed by atoms with E-state index in [-0.39, 0.29) is 28.0 Å². The van der Waals surface area contributed by atoms with Crippen LogP contribution in [0.15, 0.2) is 24.5 Å². The number of rotatable bonds is 2. The van der Waals surface area contributed by atoms with Crippen molar-refractivity contribution in [2.75, 3.05) is 6.61 Å². The summed E-state index contributed by atoms with van der Waals surface area (Å²) in [4.78, 5) is 8.85. The Morgan fingerprint density at radius 1 is 1.28 bits per heavy atom. The van der Waals surface area contributed by atoms with E-state index in [1.807, 2.05) is 24.7 Å². The number of hydrogen-bond donors (Lipinski definition) is 1. The quantitative estimate of drug-likeness (QED) is 0.698. The number of nitrogens with zero attached hydrogens (tertiary/aromatic N) is 4. The molecule has 0 spiro atoms. The molecule has 0 bridgehead atoms. The lowest BCUT2D eigenvalue weighted by atomic mass is 9.96. The molecule has 1 aliphatic heterocycles. The molecular weight excluding hydrogens is 385 g/mol. The first kappa shape index (κ1) is 18.4. The van der Waals surface area contributed by atoms with Crippen LogP contribution in [0.4, 0.5) is 13.2 Å². The molecule has 1 aliphatic carbocycles. The van der Waals surface area contributed by atoms with Gasteiger partial charge in [-0.3, -0.25) is 4.68 Å². The molecule has 5 rings (SSSR count). The van der Waals surface area contributed by atoms with E-state index in [0.717, 1.165) is 12.5 Å². The average molecular weight is 404 g/mol. The van der Waals surface area contributed by atoms with Gasteiger partial charge in [-0.05, 0) is 44.9 Å². The first-order valence-electron chi connectivity index (χ1n) is 9.31. The van der Waals surface area contributed by atoms with E-state index in [0.29, 0.717) is 29.8 Å². The zero-order valence-electron chi connectivity index (χ0n) is 16.1. The molecule has 9 heteroatoms. The van der Waals surface area contributed by atoms with Gasteiger partial charge in [-0.15, -0.1) is 5.10 Å². The highest BCUT2D eigenvalue weighted by atomic mass is 19.4. The highest BCUT2D eigenvalue weighted by Crippen LogP contribution is 2.63. The van der Waals surface area contributed by atoms with Crippen molar-refractivity contribution in [3.63, 3.8) is 0 Å². The van der Waals surface area contributed by atoms with Crippen molar-refractivity contribution in [1.82, 2.24) is 19.7 Å². The van der Waals surface area contributed by atoms with E-state index < -0.39 is 17.5 Å². The molecule has 2 fully saturated rings. The van der Waals surface area contributed by atoms with Crippen LogP contribution in [0.3, 0.4) is 0 Å². The summed E-state index contributed by atoms with van der Waals surface area (Å²) in [6.07, 6.45) is -0.283. The molecule has 6 nitrogen and oxygen atoms in total. The van der Waals surface area contributed by atoms with E-state index in [2.05, 4.69) is 15.1 Å². The van der Waals surface area contributed by atoms with Gasteiger partial charge >= 0.3 is 6.18 Å². The Morgan fingerprint density at radius 3 is 2.62 bits per heavy atom. The summed E-state index contributed by atoms with van der Waals surface area (Å²) < 4.78 is 46.7. The Balaban J connectivity index is 1.59. The van der Waals surface area contributed by atoms with Gasteiger partial charge in [0.15, 0.2) is 5.65 Å². The van der Waals surface area contributed by atoms with Crippen molar-refractivity contribution in [2.45, 2.75) is 44.5 Å². The SMILES string of the molecule is Cc1cc(C(F)(F)F)cc(O)c1-c1cnc2cn([C@]34C[C@H]3COC4(C)C)nc2n1. The summed E-state index contributed by atoms with van der Waals surface area (Å²) in [5.41, 5.74) is 0.234. The fraction of sp³-hybridized carbons (Fsp3) is 0.450. The zero-order valence-corrected chi connectivity index (χ0v) is 16.1. The largest absolute Gasteiger partial charge is 0.507 e. The maximum Gasteiger partial charge on any atom is 0.416 e. The van der Waals surface area contributed by atoms with Gasteiger partial charge in [-0.1, -0.05) is 0 Å². The topological polar surface area (TPSA) is 73.1 Å². The van der Waals surface area contributed by atoms with Crippen LogP contribution >= 0.6 is 0 Å². The maximum absolute atomic E-state index is 13.0. The number of hydrogen-bond acceptors (Lipinski definition) is 5. The van der Waals surface area contributed by atoms with E-state index in [1.54, 1.807) is 0 Å². The van der Waals surface area contributed by atoms with Crippen molar-refractivity contribution in [3.8, 4) is 17.0 Å². The summed E-state index contributed by atoms with van der Waals surface area (Å²) in [7, 11) is 0. The maximum atomic E-state index is 13.0. The van der Waals surface area contributed by atoms with Crippen LogP contribution in [0.1, 0.15) is 31.4 Å². The third-order valence-electron chi connectivity index (χ3n) is 6.30. The van der Waals surface area contributed by atoms with Crippen LogP contribution in [-0.4, -0.2) is 37.1 Å². The minimum absolute atomic E-state index is 0.217. The predicted octanol–water partition coefficient (Wildman–Crippen LogP) is 4.05. The Kier molecular flexibility index (Phi) is 3.46.